The molecule has 2 heterocycles. The normalized spacial score (nSPS) is 18.5. The molecule has 2 N–H and O–H groups in total. The summed E-state index contributed by atoms with van der Waals surface area (Å²) in [5.74, 6) is 0.201. The van der Waals surface area contributed by atoms with Crippen molar-refractivity contribution >= 4 is 5.91 Å². The van der Waals surface area contributed by atoms with Gasteiger partial charge in [-0.25, -0.2) is 0 Å². The second-order valence-electron chi connectivity index (χ2n) is 5.09. The van der Waals surface area contributed by atoms with Gasteiger partial charge >= 0.3 is 0 Å². The van der Waals surface area contributed by atoms with Crippen molar-refractivity contribution < 1.29 is 9.21 Å². The topological polar surface area (TPSA) is 54.3 Å². The van der Waals surface area contributed by atoms with Gasteiger partial charge in [0.1, 0.15) is 0 Å². The van der Waals surface area contributed by atoms with Crippen molar-refractivity contribution in [3.8, 4) is 0 Å². The Kier molecular flexibility index (Phi) is 4.42. The van der Waals surface area contributed by atoms with Gasteiger partial charge in [-0.05, 0) is 38.4 Å². The number of hydrogen-bond acceptors (Lipinski definition) is 3. The van der Waals surface area contributed by atoms with E-state index in [-0.39, 0.29) is 11.3 Å². The predicted molar refractivity (Wildman–Crippen MR) is 70.0 cm³/mol. The van der Waals surface area contributed by atoms with Crippen LogP contribution >= 0.6 is 0 Å². The van der Waals surface area contributed by atoms with Crippen molar-refractivity contribution in [3.63, 3.8) is 0 Å². The molecule has 4 heteroatoms. The summed E-state index contributed by atoms with van der Waals surface area (Å²) in [4.78, 5) is 12.4. The molecule has 1 saturated heterocycles. The molecule has 1 aromatic rings. The first-order chi connectivity index (χ1) is 8.77. The molecule has 1 aromatic heterocycles. The van der Waals surface area contributed by atoms with Crippen LogP contribution in [-0.4, -0.2) is 19.0 Å². The van der Waals surface area contributed by atoms with E-state index in [0.29, 0.717) is 6.54 Å². The van der Waals surface area contributed by atoms with E-state index in [9.17, 15) is 4.79 Å². The van der Waals surface area contributed by atoms with Gasteiger partial charge in [-0.15, -0.1) is 0 Å². The lowest BCUT2D eigenvalue weighted by atomic mass is 9.74. The lowest BCUT2D eigenvalue weighted by Gasteiger charge is -2.36. The molecule has 0 unspecified atom stereocenters. The first-order valence-electron chi connectivity index (χ1n) is 6.77. The Balaban J connectivity index is 1.95. The highest BCUT2D eigenvalue weighted by Crippen LogP contribution is 2.34. The molecule has 2 rings (SSSR count). The summed E-state index contributed by atoms with van der Waals surface area (Å²) in [7, 11) is 0. The van der Waals surface area contributed by atoms with Crippen LogP contribution in [0, 0.1) is 5.41 Å². The Morgan fingerprint density at radius 2 is 2.28 bits per heavy atom. The molecule has 100 valence electrons. The van der Waals surface area contributed by atoms with Crippen LogP contribution in [0.3, 0.4) is 0 Å². The number of furan rings is 1. The quantitative estimate of drug-likeness (QED) is 0.841. The lowest BCUT2D eigenvalue weighted by Crippen LogP contribution is -2.47. The van der Waals surface area contributed by atoms with Crippen LogP contribution in [0.4, 0.5) is 0 Å². The molecular formula is C14H22N2O2. The highest BCUT2D eigenvalue weighted by Gasteiger charge is 2.38. The van der Waals surface area contributed by atoms with Crippen molar-refractivity contribution in [1.82, 2.24) is 10.6 Å². The van der Waals surface area contributed by atoms with Gasteiger partial charge in [-0.3, -0.25) is 4.79 Å². The van der Waals surface area contributed by atoms with Crippen molar-refractivity contribution in [2.45, 2.75) is 39.2 Å². The molecule has 1 aliphatic heterocycles. The minimum atomic E-state index is -0.163. The fourth-order valence-electron chi connectivity index (χ4n) is 2.74. The summed E-state index contributed by atoms with van der Waals surface area (Å²) < 4.78 is 5.00. The number of hydrogen-bond donors (Lipinski definition) is 2. The zero-order valence-corrected chi connectivity index (χ0v) is 11.0. The SMILES string of the molecule is CCCC1(C(=O)NCc2ccoc2)CCNCC1. The van der Waals surface area contributed by atoms with Gasteiger partial charge in [0, 0.05) is 12.1 Å². The van der Waals surface area contributed by atoms with Gasteiger partial charge in [-0.1, -0.05) is 13.3 Å². The predicted octanol–water partition coefficient (Wildman–Crippen LogP) is 2.07. The zero-order chi connectivity index (χ0) is 12.8. The Morgan fingerprint density at radius 1 is 1.50 bits per heavy atom. The summed E-state index contributed by atoms with van der Waals surface area (Å²) in [5.41, 5.74) is 0.855. The molecule has 0 atom stereocenters. The summed E-state index contributed by atoms with van der Waals surface area (Å²) in [5, 5.41) is 6.38. The zero-order valence-electron chi connectivity index (χ0n) is 11.0. The molecular weight excluding hydrogens is 228 g/mol. The number of carbonyl (C=O) groups is 1. The molecule has 1 aliphatic rings. The van der Waals surface area contributed by atoms with E-state index < -0.39 is 0 Å². The van der Waals surface area contributed by atoms with E-state index >= 15 is 0 Å². The van der Waals surface area contributed by atoms with Crippen LogP contribution in [-0.2, 0) is 11.3 Å². The van der Waals surface area contributed by atoms with Gasteiger partial charge in [0.2, 0.25) is 5.91 Å². The third-order valence-electron chi connectivity index (χ3n) is 3.80. The maximum atomic E-state index is 12.4. The Bertz CT molecular complexity index is 362. The molecule has 0 saturated carbocycles. The number of nitrogens with one attached hydrogen (secondary N) is 2. The van der Waals surface area contributed by atoms with Crippen LogP contribution in [0.2, 0.25) is 0 Å². The van der Waals surface area contributed by atoms with E-state index in [1.807, 2.05) is 6.07 Å². The second kappa shape index (κ2) is 6.05. The van der Waals surface area contributed by atoms with Gasteiger partial charge in [-0.2, -0.15) is 0 Å². The number of rotatable bonds is 5. The van der Waals surface area contributed by atoms with E-state index in [4.69, 9.17) is 4.42 Å². The molecule has 1 fully saturated rings. The van der Waals surface area contributed by atoms with Gasteiger partial charge in [0.15, 0.2) is 0 Å². The summed E-state index contributed by atoms with van der Waals surface area (Å²) >= 11 is 0. The fraction of sp³-hybridized carbons (Fsp3) is 0.643. The molecule has 0 bridgehead atoms. The molecule has 18 heavy (non-hydrogen) atoms. The Hall–Kier alpha value is -1.29. The van der Waals surface area contributed by atoms with Gasteiger partial charge in [0.25, 0.3) is 0 Å². The largest absolute Gasteiger partial charge is 0.472 e. The highest BCUT2D eigenvalue weighted by atomic mass is 16.3. The van der Waals surface area contributed by atoms with E-state index in [2.05, 4.69) is 17.6 Å². The van der Waals surface area contributed by atoms with Crippen molar-refractivity contribution in [2.24, 2.45) is 5.41 Å². The third kappa shape index (κ3) is 2.93. The minimum Gasteiger partial charge on any atom is -0.472 e. The smallest absolute Gasteiger partial charge is 0.226 e. The van der Waals surface area contributed by atoms with Crippen LogP contribution in [0.5, 0.6) is 0 Å². The third-order valence-corrected chi connectivity index (χ3v) is 3.80. The Labute approximate surface area is 108 Å². The molecule has 0 spiro atoms. The summed E-state index contributed by atoms with van der Waals surface area (Å²) in [6, 6.07) is 1.88. The highest BCUT2D eigenvalue weighted by molar-refractivity contribution is 5.82. The van der Waals surface area contributed by atoms with Crippen molar-refractivity contribution in [3.05, 3.63) is 24.2 Å². The van der Waals surface area contributed by atoms with Gasteiger partial charge < -0.3 is 15.1 Å². The fourth-order valence-corrected chi connectivity index (χ4v) is 2.74. The van der Waals surface area contributed by atoms with Crippen LogP contribution in [0.15, 0.2) is 23.0 Å². The average Bonchev–Trinajstić information content (AvgIpc) is 2.90. The summed E-state index contributed by atoms with van der Waals surface area (Å²) in [6.07, 6.45) is 7.23. The number of piperidine rings is 1. The summed E-state index contributed by atoms with van der Waals surface area (Å²) in [6.45, 7) is 4.60. The van der Waals surface area contributed by atoms with E-state index in [0.717, 1.165) is 44.3 Å². The standard InChI is InChI=1S/C14H22N2O2/c1-2-4-14(5-7-15-8-6-14)13(17)16-10-12-3-9-18-11-12/h3,9,11,15H,2,4-8,10H2,1H3,(H,16,17). The Morgan fingerprint density at radius 3 is 2.89 bits per heavy atom. The first kappa shape index (κ1) is 13.1. The van der Waals surface area contributed by atoms with Crippen LogP contribution in [0.1, 0.15) is 38.2 Å². The molecule has 0 aromatic carbocycles. The maximum Gasteiger partial charge on any atom is 0.226 e. The first-order valence-corrected chi connectivity index (χ1v) is 6.77. The lowest BCUT2D eigenvalue weighted by molar-refractivity contribution is -0.133. The van der Waals surface area contributed by atoms with Gasteiger partial charge in [0.05, 0.1) is 17.9 Å². The molecule has 0 radical (unpaired) electrons. The molecule has 0 aliphatic carbocycles. The number of carbonyl (C=O) groups excluding carboxylic acids is 1. The maximum absolute atomic E-state index is 12.4. The number of amides is 1. The second-order valence-corrected chi connectivity index (χ2v) is 5.09. The monoisotopic (exact) mass is 250 g/mol. The minimum absolute atomic E-state index is 0.163. The molecule has 1 amide bonds. The van der Waals surface area contributed by atoms with E-state index in [1.54, 1.807) is 12.5 Å². The van der Waals surface area contributed by atoms with E-state index in [1.165, 1.54) is 0 Å². The molecule has 4 nitrogen and oxygen atoms in total. The average molecular weight is 250 g/mol. The van der Waals surface area contributed by atoms with Crippen molar-refractivity contribution in [1.29, 1.82) is 0 Å². The van der Waals surface area contributed by atoms with Crippen molar-refractivity contribution in [2.75, 3.05) is 13.1 Å². The van der Waals surface area contributed by atoms with Crippen LogP contribution < -0.4 is 10.6 Å². The van der Waals surface area contributed by atoms with Crippen LogP contribution in [0.25, 0.3) is 0 Å².